The third-order valence-corrected chi connectivity index (χ3v) is 4.02. The van der Waals surface area contributed by atoms with E-state index < -0.39 is 0 Å². The lowest BCUT2D eigenvalue weighted by Gasteiger charge is -2.26. The third kappa shape index (κ3) is 3.64. The summed E-state index contributed by atoms with van der Waals surface area (Å²) < 4.78 is 0. The molecule has 0 unspecified atom stereocenters. The molecule has 1 amide bonds. The molecule has 120 valence electrons. The fourth-order valence-electron chi connectivity index (χ4n) is 2.83. The molecule has 1 atom stereocenters. The predicted molar refractivity (Wildman–Crippen MR) is 88.1 cm³/mol. The zero-order valence-corrected chi connectivity index (χ0v) is 13.5. The second-order valence-corrected chi connectivity index (χ2v) is 6.01. The number of carbonyl (C=O) groups excluding carboxylic acids is 1. The molecule has 0 aromatic carbocycles. The molecule has 6 nitrogen and oxygen atoms in total. The van der Waals surface area contributed by atoms with Gasteiger partial charge in [-0.2, -0.15) is 0 Å². The van der Waals surface area contributed by atoms with Gasteiger partial charge >= 0.3 is 0 Å². The highest BCUT2D eigenvalue weighted by atomic mass is 16.1. The fraction of sp³-hybridized carbons (Fsp3) is 0.412. The molecule has 6 heteroatoms. The van der Waals surface area contributed by atoms with E-state index in [2.05, 4.69) is 20.3 Å². The molecule has 3 rings (SSSR count). The van der Waals surface area contributed by atoms with Gasteiger partial charge in [0.05, 0.1) is 18.2 Å². The summed E-state index contributed by atoms with van der Waals surface area (Å²) >= 11 is 0. The van der Waals surface area contributed by atoms with Crippen molar-refractivity contribution < 1.29 is 4.79 Å². The lowest BCUT2D eigenvalue weighted by atomic mass is 9.92. The van der Waals surface area contributed by atoms with Crippen LogP contribution in [0, 0.1) is 0 Å². The Kier molecular flexibility index (Phi) is 4.50. The van der Waals surface area contributed by atoms with Gasteiger partial charge in [0.1, 0.15) is 0 Å². The van der Waals surface area contributed by atoms with E-state index in [1.165, 1.54) is 0 Å². The normalized spacial score (nSPS) is 16.5. The van der Waals surface area contributed by atoms with Crippen LogP contribution in [0.4, 0.5) is 5.95 Å². The highest BCUT2D eigenvalue weighted by Crippen LogP contribution is 2.29. The molecule has 2 heterocycles. The van der Waals surface area contributed by atoms with Gasteiger partial charge in [0.25, 0.3) is 0 Å². The lowest BCUT2D eigenvalue weighted by molar-refractivity contribution is -0.121. The van der Waals surface area contributed by atoms with Gasteiger partial charge in [-0.05, 0) is 37.0 Å². The summed E-state index contributed by atoms with van der Waals surface area (Å²) in [5.41, 5.74) is 3.06. The second kappa shape index (κ2) is 6.73. The summed E-state index contributed by atoms with van der Waals surface area (Å²) in [6.45, 7) is 0. The predicted octanol–water partition coefficient (Wildman–Crippen LogP) is 1.67. The minimum Gasteiger partial charge on any atom is -0.349 e. The molecule has 0 aliphatic heterocycles. The van der Waals surface area contributed by atoms with Gasteiger partial charge in [-0.1, -0.05) is 0 Å². The number of pyridine rings is 1. The lowest BCUT2D eigenvalue weighted by Crippen LogP contribution is -2.32. The molecule has 1 aliphatic rings. The quantitative estimate of drug-likeness (QED) is 0.930. The van der Waals surface area contributed by atoms with E-state index >= 15 is 0 Å². The minimum absolute atomic E-state index is 0.00398. The molecule has 0 spiro atoms. The number of aromatic nitrogens is 3. The number of aryl methyl sites for hydroxylation is 1. The first kappa shape index (κ1) is 15.4. The number of carbonyl (C=O) groups is 1. The Bertz CT molecular complexity index is 687. The summed E-state index contributed by atoms with van der Waals surface area (Å²) in [4.78, 5) is 27.1. The highest BCUT2D eigenvalue weighted by Gasteiger charge is 2.24. The first-order valence-corrected chi connectivity index (χ1v) is 7.85. The van der Waals surface area contributed by atoms with Gasteiger partial charge < -0.3 is 10.2 Å². The van der Waals surface area contributed by atoms with E-state index in [0.717, 1.165) is 36.1 Å². The van der Waals surface area contributed by atoms with Crippen molar-refractivity contribution in [1.29, 1.82) is 0 Å². The van der Waals surface area contributed by atoms with Crippen LogP contribution in [-0.4, -0.2) is 35.0 Å². The Hall–Kier alpha value is -2.50. The van der Waals surface area contributed by atoms with E-state index in [1.54, 1.807) is 12.4 Å². The monoisotopic (exact) mass is 311 g/mol. The smallest absolute Gasteiger partial charge is 0.225 e. The Morgan fingerprint density at radius 1 is 1.35 bits per heavy atom. The van der Waals surface area contributed by atoms with Crippen molar-refractivity contribution in [2.24, 2.45) is 0 Å². The SMILES string of the molecule is CN(C)c1ncc2c(n1)CCC[C@H]2NC(=O)Cc1ccncc1. The number of amides is 1. The van der Waals surface area contributed by atoms with E-state index in [1.807, 2.05) is 37.3 Å². The van der Waals surface area contributed by atoms with Crippen molar-refractivity contribution in [1.82, 2.24) is 20.3 Å². The zero-order valence-electron chi connectivity index (χ0n) is 13.5. The molecule has 0 fully saturated rings. The Morgan fingerprint density at radius 2 is 2.13 bits per heavy atom. The van der Waals surface area contributed by atoms with Crippen molar-refractivity contribution in [3.05, 3.63) is 47.5 Å². The van der Waals surface area contributed by atoms with Gasteiger partial charge in [-0.3, -0.25) is 9.78 Å². The standard InChI is InChI=1S/C17H21N5O/c1-22(2)17-19-11-13-14(4-3-5-15(13)21-17)20-16(23)10-12-6-8-18-9-7-12/h6-9,11,14H,3-5,10H2,1-2H3,(H,20,23)/t14-/m1/s1. The molecule has 2 aromatic rings. The van der Waals surface area contributed by atoms with E-state index in [-0.39, 0.29) is 11.9 Å². The molecule has 1 aliphatic carbocycles. The first-order valence-electron chi connectivity index (χ1n) is 7.85. The van der Waals surface area contributed by atoms with Crippen LogP contribution in [0.15, 0.2) is 30.7 Å². The number of nitrogens with one attached hydrogen (secondary N) is 1. The van der Waals surface area contributed by atoms with Crippen LogP contribution in [0.3, 0.4) is 0 Å². The Labute approximate surface area is 136 Å². The van der Waals surface area contributed by atoms with Crippen LogP contribution in [0.2, 0.25) is 0 Å². The van der Waals surface area contributed by atoms with Crippen molar-refractivity contribution >= 4 is 11.9 Å². The fourth-order valence-corrected chi connectivity index (χ4v) is 2.83. The van der Waals surface area contributed by atoms with Crippen LogP contribution < -0.4 is 10.2 Å². The van der Waals surface area contributed by atoms with Gasteiger partial charge in [0.2, 0.25) is 11.9 Å². The molecule has 0 bridgehead atoms. The van der Waals surface area contributed by atoms with E-state index in [0.29, 0.717) is 12.4 Å². The Balaban J connectivity index is 1.71. The van der Waals surface area contributed by atoms with Crippen molar-refractivity contribution in [3.63, 3.8) is 0 Å². The number of hydrogen-bond acceptors (Lipinski definition) is 5. The summed E-state index contributed by atoms with van der Waals surface area (Å²) in [6, 6.07) is 3.73. The second-order valence-electron chi connectivity index (χ2n) is 6.01. The maximum absolute atomic E-state index is 12.3. The molecule has 0 radical (unpaired) electrons. The third-order valence-electron chi connectivity index (χ3n) is 4.02. The van der Waals surface area contributed by atoms with Crippen molar-refractivity contribution in [3.8, 4) is 0 Å². The maximum Gasteiger partial charge on any atom is 0.225 e. The van der Waals surface area contributed by atoms with Gasteiger partial charge in [-0.15, -0.1) is 0 Å². The molecule has 1 N–H and O–H groups in total. The zero-order chi connectivity index (χ0) is 16.2. The summed E-state index contributed by atoms with van der Waals surface area (Å²) in [6.07, 6.45) is 8.52. The van der Waals surface area contributed by atoms with E-state index in [9.17, 15) is 4.79 Å². The molecule has 0 saturated heterocycles. The van der Waals surface area contributed by atoms with E-state index in [4.69, 9.17) is 0 Å². The van der Waals surface area contributed by atoms with Crippen LogP contribution in [0.5, 0.6) is 0 Å². The van der Waals surface area contributed by atoms with Crippen molar-refractivity contribution in [2.75, 3.05) is 19.0 Å². The minimum atomic E-state index is 0.00398. The Morgan fingerprint density at radius 3 is 2.87 bits per heavy atom. The molecular formula is C17H21N5O. The number of fused-ring (bicyclic) bond motifs is 1. The summed E-state index contributed by atoms with van der Waals surface area (Å²) in [5.74, 6) is 0.734. The largest absolute Gasteiger partial charge is 0.349 e. The van der Waals surface area contributed by atoms with Crippen molar-refractivity contribution in [2.45, 2.75) is 31.7 Å². The van der Waals surface area contributed by atoms with Crippen LogP contribution in [0.1, 0.15) is 35.7 Å². The van der Waals surface area contributed by atoms with Gasteiger partial charge in [-0.25, -0.2) is 9.97 Å². The maximum atomic E-state index is 12.3. The highest BCUT2D eigenvalue weighted by molar-refractivity contribution is 5.79. The van der Waals surface area contributed by atoms with Gasteiger partial charge in [0, 0.05) is 38.2 Å². The van der Waals surface area contributed by atoms with Crippen LogP contribution in [0.25, 0.3) is 0 Å². The first-order chi connectivity index (χ1) is 11.1. The average molecular weight is 311 g/mol. The number of hydrogen-bond donors (Lipinski definition) is 1. The average Bonchev–Trinajstić information content (AvgIpc) is 2.55. The van der Waals surface area contributed by atoms with Gasteiger partial charge in [0.15, 0.2) is 0 Å². The summed E-state index contributed by atoms with van der Waals surface area (Å²) in [7, 11) is 3.86. The number of rotatable bonds is 4. The van der Waals surface area contributed by atoms with Crippen LogP contribution in [-0.2, 0) is 17.6 Å². The number of anilines is 1. The molecule has 23 heavy (non-hydrogen) atoms. The molecule has 0 saturated carbocycles. The number of nitrogens with zero attached hydrogens (tertiary/aromatic N) is 4. The summed E-state index contributed by atoms with van der Waals surface area (Å²) in [5, 5.41) is 3.12. The molecular weight excluding hydrogens is 290 g/mol. The molecule has 2 aromatic heterocycles. The topological polar surface area (TPSA) is 71.0 Å². The van der Waals surface area contributed by atoms with Crippen LogP contribution >= 0.6 is 0 Å².